The second-order valence-corrected chi connectivity index (χ2v) is 12.6. The van der Waals surface area contributed by atoms with Crippen molar-refractivity contribution in [3.05, 3.63) is 91.7 Å². The van der Waals surface area contributed by atoms with E-state index in [-0.39, 0.29) is 17.4 Å². The first-order valence-electron chi connectivity index (χ1n) is 15.5. The number of aromatic nitrogens is 2. The Morgan fingerprint density at radius 1 is 1.00 bits per heavy atom. The third kappa shape index (κ3) is 7.72. The maximum Gasteiger partial charge on any atom is 0.274 e. The van der Waals surface area contributed by atoms with Gasteiger partial charge in [0.2, 0.25) is 0 Å². The number of nitrogens with one attached hydrogen (secondary N) is 2. The summed E-state index contributed by atoms with van der Waals surface area (Å²) in [6, 6.07) is 13.0. The van der Waals surface area contributed by atoms with E-state index in [0.29, 0.717) is 43.4 Å². The fourth-order valence-corrected chi connectivity index (χ4v) is 6.78. The minimum atomic E-state index is -0.226. The summed E-state index contributed by atoms with van der Waals surface area (Å²) >= 11 is 1.60. The first-order chi connectivity index (χ1) is 22.3. The molecule has 3 aromatic heterocycles. The quantitative estimate of drug-likeness (QED) is 0.187. The van der Waals surface area contributed by atoms with Gasteiger partial charge in [0.05, 0.1) is 23.7 Å². The molecule has 1 aliphatic carbocycles. The van der Waals surface area contributed by atoms with Gasteiger partial charge in [-0.05, 0) is 79.6 Å². The Morgan fingerprint density at radius 2 is 1.76 bits per heavy atom. The zero-order chi connectivity index (χ0) is 32.6. The highest BCUT2D eigenvalue weighted by Gasteiger charge is 2.19. The molecule has 4 aromatic rings. The number of carbonyl (C=O) groups excluding carboxylic acids is 2. The lowest BCUT2D eigenvalue weighted by Crippen LogP contribution is -2.36. The lowest BCUT2D eigenvalue weighted by atomic mass is 10.00. The molecular weight excluding hydrogens is 602 g/mol. The largest absolute Gasteiger partial charge is 0.383 e. The molecule has 0 aliphatic heterocycles. The number of carbonyl (C=O) groups is 2. The SMILES string of the molecule is COCCN(CCOC)C(=O)c1ccc(Nc2cc(-c3cccc(NC(=O)c4cc5c(s4)CCCCC5)c3C)cn(C)c2=O)nc1. The predicted octanol–water partition coefficient (Wildman–Crippen LogP) is 5.82. The van der Waals surface area contributed by atoms with Crippen LogP contribution in [0.5, 0.6) is 0 Å². The average Bonchev–Trinajstić information content (AvgIpc) is 3.34. The van der Waals surface area contributed by atoms with Crippen molar-refractivity contribution in [1.29, 1.82) is 0 Å². The van der Waals surface area contributed by atoms with Gasteiger partial charge in [0.1, 0.15) is 11.5 Å². The number of anilines is 3. The fourth-order valence-electron chi connectivity index (χ4n) is 5.63. The molecule has 0 saturated carbocycles. The number of pyridine rings is 2. The number of hydrogen-bond acceptors (Lipinski definition) is 8. The van der Waals surface area contributed by atoms with E-state index in [1.807, 2.05) is 25.1 Å². The van der Waals surface area contributed by atoms with Crippen LogP contribution in [0.15, 0.2) is 59.7 Å². The molecule has 0 bridgehead atoms. The van der Waals surface area contributed by atoms with E-state index in [1.165, 1.54) is 40.5 Å². The first-order valence-corrected chi connectivity index (χ1v) is 16.3. The van der Waals surface area contributed by atoms with Crippen LogP contribution in [0.2, 0.25) is 0 Å². The lowest BCUT2D eigenvalue weighted by Gasteiger charge is -2.22. The molecule has 1 aliphatic rings. The van der Waals surface area contributed by atoms with Crippen LogP contribution in [0.4, 0.5) is 17.2 Å². The van der Waals surface area contributed by atoms with Crippen molar-refractivity contribution in [3.63, 3.8) is 0 Å². The Balaban J connectivity index is 1.34. The topological polar surface area (TPSA) is 115 Å². The summed E-state index contributed by atoms with van der Waals surface area (Å²) in [5.74, 6) is 0.149. The van der Waals surface area contributed by atoms with Crippen molar-refractivity contribution in [2.75, 3.05) is 51.2 Å². The monoisotopic (exact) mass is 643 g/mol. The lowest BCUT2D eigenvalue weighted by molar-refractivity contribution is 0.0627. The van der Waals surface area contributed by atoms with Crippen LogP contribution in [0.25, 0.3) is 11.1 Å². The number of amides is 2. The number of rotatable bonds is 12. The molecule has 3 heterocycles. The highest BCUT2D eigenvalue weighted by atomic mass is 32.1. The van der Waals surface area contributed by atoms with E-state index in [0.717, 1.165) is 40.1 Å². The van der Waals surface area contributed by atoms with Crippen molar-refractivity contribution in [2.24, 2.45) is 7.05 Å². The summed E-state index contributed by atoms with van der Waals surface area (Å²) < 4.78 is 11.8. The van der Waals surface area contributed by atoms with Crippen LogP contribution in [0.1, 0.15) is 55.3 Å². The molecule has 1 aromatic carbocycles. The molecule has 0 unspecified atom stereocenters. The molecule has 0 spiro atoms. The van der Waals surface area contributed by atoms with E-state index in [9.17, 15) is 14.4 Å². The van der Waals surface area contributed by atoms with E-state index in [4.69, 9.17) is 9.47 Å². The number of fused-ring (bicyclic) bond motifs is 1. The smallest absolute Gasteiger partial charge is 0.274 e. The molecule has 2 amide bonds. The standard InChI is InChI=1S/C35H41N5O5S/c1-23-27(10-8-11-28(23)38-33(41)31-20-24-9-6-5-7-12-30(24)46-31)26-19-29(35(43)39(2)22-26)37-32-14-13-25(21-36-32)34(42)40(15-17-44-3)16-18-45-4/h8,10-11,13-14,19-22H,5-7,9,12,15-18H2,1-4H3,(H,36,37)(H,38,41). The van der Waals surface area contributed by atoms with E-state index in [2.05, 4.69) is 21.7 Å². The van der Waals surface area contributed by atoms with Gasteiger partial charge in [0, 0.05) is 62.9 Å². The number of aryl methyl sites for hydroxylation is 3. The molecular formula is C35H41N5O5S. The van der Waals surface area contributed by atoms with Gasteiger partial charge in [0.25, 0.3) is 17.4 Å². The molecule has 5 rings (SSSR count). The maximum absolute atomic E-state index is 13.3. The molecule has 0 fully saturated rings. The fraction of sp³-hybridized carbons (Fsp3) is 0.371. The van der Waals surface area contributed by atoms with Crippen molar-refractivity contribution >= 4 is 40.3 Å². The summed E-state index contributed by atoms with van der Waals surface area (Å²) in [6.07, 6.45) is 8.95. The number of methoxy groups -OCH3 is 2. The first kappa shape index (κ1) is 33.1. The molecule has 46 heavy (non-hydrogen) atoms. The Labute approximate surface area is 273 Å². The second kappa shape index (κ2) is 15.3. The maximum atomic E-state index is 13.3. The summed E-state index contributed by atoms with van der Waals surface area (Å²) in [5, 5.41) is 6.24. The minimum absolute atomic E-state index is 0.102. The van der Waals surface area contributed by atoms with E-state index < -0.39 is 0 Å². The van der Waals surface area contributed by atoms with Crippen LogP contribution >= 0.6 is 11.3 Å². The number of ether oxygens (including phenoxy) is 2. The minimum Gasteiger partial charge on any atom is -0.383 e. The molecule has 11 heteroatoms. The van der Waals surface area contributed by atoms with E-state index in [1.54, 1.807) is 61.9 Å². The second-order valence-electron chi connectivity index (χ2n) is 11.4. The molecule has 2 N–H and O–H groups in total. The van der Waals surface area contributed by atoms with Crippen LogP contribution in [0, 0.1) is 6.92 Å². The van der Waals surface area contributed by atoms with Gasteiger partial charge in [-0.2, -0.15) is 0 Å². The van der Waals surface area contributed by atoms with Crippen LogP contribution in [-0.2, 0) is 29.4 Å². The summed E-state index contributed by atoms with van der Waals surface area (Å²) in [7, 11) is 4.88. The Hall–Kier alpha value is -4.32. The normalized spacial score (nSPS) is 12.7. The number of hydrogen-bond donors (Lipinski definition) is 2. The van der Waals surface area contributed by atoms with Crippen molar-refractivity contribution < 1.29 is 19.1 Å². The van der Waals surface area contributed by atoms with Gasteiger partial charge in [-0.15, -0.1) is 11.3 Å². The Kier molecular flexibility index (Phi) is 11.0. The molecule has 0 radical (unpaired) electrons. The van der Waals surface area contributed by atoms with Crippen molar-refractivity contribution in [2.45, 2.75) is 39.0 Å². The third-order valence-corrected chi connectivity index (χ3v) is 9.47. The Bertz CT molecular complexity index is 1720. The highest BCUT2D eigenvalue weighted by Crippen LogP contribution is 2.32. The number of nitrogens with zero attached hydrogens (tertiary/aromatic N) is 3. The van der Waals surface area contributed by atoms with Crippen LogP contribution in [-0.4, -0.2) is 66.8 Å². The van der Waals surface area contributed by atoms with Crippen molar-refractivity contribution in [1.82, 2.24) is 14.5 Å². The van der Waals surface area contributed by atoms with Crippen molar-refractivity contribution in [3.8, 4) is 11.1 Å². The average molecular weight is 644 g/mol. The van der Waals surface area contributed by atoms with E-state index >= 15 is 0 Å². The molecule has 0 saturated heterocycles. The van der Waals surface area contributed by atoms with Gasteiger partial charge in [-0.1, -0.05) is 18.6 Å². The summed E-state index contributed by atoms with van der Waals surface area (Å²) in [6.45, 7) is 3.65. The zero-order valence-corrected chi connectivity index (χ0v) is 27.7. The summed E-state index contributed by atoms with van der Waals surface area (Å²) in [5.41, 5.74) is 5.15. The Morgan fingerprint density at radius 3 is 2.48 bits per heavy atom. The zero-order valence-electron chi connectivity index (χ0n) is 26.9. The molecule has 242 valence electrons. The predicted molar refractivity (Wildman–Crippen MR) is 183 cm³/mol. The number of thiophene rings is 1. The van der Waals surface area contributed by atoms with Crippen LogP contribution in [0.3, 0.4) is 0 Å². The van der Waals surface area contributed by atoms with Crippen LogP contribution < -0.4 is 16.2 Å². The van der Waals surface area contributed by atoms with Gasteiger partial charge < -0.3 is 29.6 Å². The third-order valence-electron chi connectivity index (χ3n) is 8.24. The highest BCUT2D eigenvalue weighted by molar-refractivity contribution is 7.14. The van der Waals surface area contributed by atoms with Gasteiger partial charge in [-0.25, -0.2) is 4.98 Å². The molecule has 0 atom stereocenters. The van der Waals surface area contributed by atoms with Gasteiger partial charge in [0.15, 0.2) is 0 Å². The number of benzene rings is 1. The van der Waals surface area contributed by atoms with Gasteiger partial charge >= 0.3 is 0 Å². The molecule has 10 nitrogen and oxygen atoms in total. The van der Waals surface area contributed by atoms with Gasteiger partial charge in [-0.3, -0.25) is 14.4 Å². The summed E-state index contributed by atoms with van der Waals surface area (Å²) in [4.78, 5) is 47.6.